The van der Waals surface area contributed by atoms with Crippen molar-refractivity contribution < 1.29 is 24.3 Å². The summed E-state index contributed by atoms with van der Waals surface area (Å²) in [6.07, 6.45) is 4.96. The highest BCUT2D eigenvalue weighted by atomic mass is 32.2. The second-order valence-electron chi connectivity index (χ2n) is 5.94. The van der Waals surface area contributed by atoms with Crippen LogP contribution < -0.4 is 10.4 Å². The lowest BCUT2D eigenvalue weighted by molar-refractivity contribution is -0.254. The molecule has 8 heteroatoms. The maximum Gasteiger partial charge on any atom is 0.294 e. The number of carbonyl (C=O) groups excluding carboxylic acids is 4. The summed E-state index contributed by atoms with van der Waals surface area (Å²) in [6, 6.07) is 15.2. The predicted molar refractivity (Wildman–Crippen MR) is 108 cm³/mol. The first-order valence-corrected chi connectivity index (χ1v) is 9.34. The molecule has 0 aliphatic carbocycles. The molecule has 2 aromatic carbocycles. The lowest BCUT2D eigenvalue weighted by atomic mass is 10.2. The maximum atomic E-state index is 12.4. The number of hydrogen-bond donors (Lipinski definition) is 1. The second kappa shape index (κ2) is 9.03. The fourth-order valence-electron chi connectivity index (χ4n) is 2.56. The number of allylic oxidation sites excluding steroid dienone is 2. The van der Waals surface area contributed by atoms with E-state index in [1.165, 1.54) is 24.3 Å². The Labute approximate surface area is 170 Å². The molecule has 3 rings (SSSR count). The van der Waals surface area contributed by atoms with Crippen LogP contribution in [-0.4, -0.2) is 34.5 Å². The summed E-state index contributed by atoms with van der Waals surface area (Å²) in [7, 11) is 0. The van der Waals surface area contributed by atoms with Crippen molar-refractivity contribution in [3.63, 3.8) is 0 Å². The zero-order chi connectivity index (χ0) is 20.8. The van der Waals surface area contributed by atoms with E-state index in [0.29, 0.717) is 0 Å². The van der Waals surface area contributed by atoms with Crippen molar-refractivity contribution >= 4 is 46.5 Å². The van der Waals surface area contributed by atoms with Crippen molar-refractivity contribution in [3.05, 3.63) is 82.8 Å². The van der Waals surface area contributed by atoms with Crippen molar-refractivity contribution in [3.8, 4) is 0 Å². The number of benzene rings is 2. The van der Waals surface area contributed by atoms with E-state index >= 15 is 0 Å². The first-order chi connectivity index (χ1) is 14.0. The summed E-state index contributed by atoms with van der Waals surface area (Å²) in [5.74, 6) is -2.72. The van der Waals surface area contributed by atoms with Crippen molar-refractivity contribution in [2.45, 2.75) is 0 Å². The van der Waals surface area contributed by atoms with Gasteiger partial charge in [-0.15, -0.1) is 0 Å². The zero-order valence-corrected chi connectivity index (χ0v) is 15.8. The minimum absolute atomic E-state index is 0.0332. The average molecular weight is 407 g/mol. The minimum atomic E-state index is -1.44. The molecule has 0 unspecified atom stereocenters. The van der Waals surface area contributed by atoms with Gasteiger partial charge in [0.1, 0.15) is 6.54 Å². The summed E-state index contributed by atoms with van der Waals surface area (Å²) in [5, 5.41) is 12.9. The van der Waals surface area contributed by atoms with Gasteiger partial charge in [-0.25, -0.2) is 0 Å². The highest BCUT2D eigenvalue weighted by Crippen LogP contribution is 2.30. The third-order valence-corrected chi connectivity index (χ3v) is 4.86. The van der Waals surface area contributed by atoms with Crippen molar-refractivity contribution in [2.24, 2.45) is 0 Å². The zero-order valence-electron chi connectivity index (χ0n) is 15.0. The summed E-state index contributed by atoms with van der Waals surface area (Å²) >= 11 is 0.736. The highest BCUT2D eigenvalue weighted by Gasteiger charge is 2.36. The standard InChI is InChI=1S/C21H16N2O5S/c24-18(22-16-11-5-4-10-15(16)20(26)27)13-23-19(25)17(29-21(23)28)12-6-9-14-7-2-1-3-8-14/h1-12H,13H2,(H,22,24)(H,26,27)/p-1/b9-6+,17-12+. The third kappa shape index (κ3) is 4.99. The Morgan fingerprint density at radius 3 is 2.45 bits per heavy atom. The van der Waals surface area contributed by atoms with Crippen molar-refractivity contribution in [1.82, 2.24) is 4.90 Å². The molecule has 0 spiro atoms. The van der Waals surface area contributed by atoms with E-state index in [1.54, 1.807) is 18.2 Å². The summed E-state index contributed by atoms with van der Waals surface area (Å²) in [6.45, 7) is -0.522. The molecule has 0 radical (unpaired) electrons. The quantitative estimate of drug-likeness (QED) is 0.737. The fourth-order valence-corrected chi connectivity index (χ4v) is 3.35. The van der Waals surface area contributed by atoms with Gasteiger partial charge in [0.05, 0.1) is 10.9 Å². The summed E-state index contributed by atoms with van der Waals surface area (Å²) in [5.41, 5.74) is 0.778. The number of aromatic carboxylic acids is 1. The number of nitrogens with zero attached hydrogens (tertiary/aromatic N) is 1. The van der Waals surface area contributed by atoms with Gasteiger partial charge in [0.25, 0.3) is 11.1 Å². The van der Waals surface area contributed by atoms with Crippen LogP contribution in [0.3, 0.4) is 0 Å². The van der Waals surface area contributed by atoms with Gasteiger partial charge in [-0.1, -0.05) is 60.7 Å². The summed E-state index contributed by atoms with van der Waals surface area (Å²) in [4.78, 5) is 48.9. The van der Waals surface area contributed by atoms with Gasteiger partial charge in [0.2, 0.25) is 5.91 Å². The third-order valence-electron chi connectivity index (χ3n) is 3.93. The second-order valence-corrected chi connectivity index (χ2v) is 6.93. The lowest BCUT2D eigenvalue weighted by Crippen LogP contribution is -2.36. The lowest BCUT2D eigenvalue weighted by Gasteiger charge is -2.14. The first-order valence-electron chi connectivity index (χ1n) is 8.53. The summed E-state index contributed by atoms with van der Waals surface area (Å²) < 4.78 is 0. The molecule has 1 saturated heterocycles. The number of rotatable bonds is 6. The number of carbonyl (C=O) groups is 4. The molecule has 0 atom stereocenters. The van der Waals surface area contributed by atoms with E-state index in [2.05, 4.69) is 5.32 Å². The number of thioether (sulfide) groups is 1. The number of anilines is 1. The van der Waals surface area contributed by atoms with Crippen LogP contribution in [0.4, 0.5) is 10.5 Å². The topological polar surface area (TPSA) is 107 Å². The van der Waals surface area contributed by atoms with Crippen LogP contribution in [0.25, 0.3) is 6.08 Å². The van der Waals surface area contributed by atoms with E-state index in [1.807, 2.05) is 30.3 Å². The van der Waals surface area contributed by atoms with Crippen LogP contribution in [0.2, 0.25) is 0 Å². The number of carboxylic acid groups (broad SMARTS) is 1. The molecule has 3 amide bonds. The van der Waals surface area contributed by atoms with E-state index in [4.69, 9.17) is 0 Å². The SMILES string of the molecule is O=C(CN1C(=O)S/C(=C/C=C/c2ccccc2)C1=O)Nc1ccccc1C(=O)[O-]. The number of nitrogens with one attached hydrogen (secondary N) is 1. The molecule has 0 saturated carbocycles. The van der Waals surface area contributed by atoms with Gasteiger partial charge in [0.15, 0.2) is 0 Å². The molecule has 1 N–H and O–H groups in total. The Morgan fingerprint density at radius 1 is 1.03 bits per heavy atom. The molecular weight excluding hydrogens is 392 g/mol. The number of hydrogen-bond acceptors (Lipinski definition) is 6. The first kappa shape index (κ1) is 20.1. The number of para-hydroxylation sites is 1. The largest absolute Gasteiger partial charge is 0.545 e. The van der Waals surface area contributed by atoms with Crippen LogP contribution >= 0.6 is 11.8 Å². The van der Waals surface area contributed by atoms with Crippen molar-refractivity contribution in [1.29, 1.82) is 0 Å². The van der Waals surface area contributed by atoms with E-state index in [-0.39, 0.29) is 16.2 Å². The Kier molecular flexibility index (Phi) is 6.25. The normalized spacial score (nSPS) is 15.3. The van der Waals surface area contributed by atoms with Crippen LogP contribution in [0.1, 0.15) is 15.9 Å². The molecule has 7 nitrogen and oxygen atoms in total. The Morgan fingerprint density at radius 2 is 1.72 bits per heavy atom. The van der Waals surface area contributed by atoms with E-state index in [9.17, 15) is 24.3 Å². The number of carboxylic acids is 1. The van der Waals surface area contributed by atoms with Gasteiger partial charge < -0.3 is 15.2 Å². The van der Waals surface area contributed by atoms with E-state index < -0.39 is 29.6 Å². The van der Waals surface area contributed by atoms with Crippen LogP contribution in [-0.2, 0) is 9.59 Å². The number of amides is 3. The van der Waals surface area contributed by atoms with Gasteiger partial charge in [-0.05, 0) is 29.5 Å². The monoisotopic (exact) mass is 407 g/mol. The maximum absolute atomic E-state index is 12.4. The molecule has 1 heterocycles. The van der Waals surface area contributed by atoms with Crippen LogP contribution in [0, 0.1) is 0 Å². The molecule has 29 heavy (non-hydrogen) atoms. The smallest absolute Gasteiger partial charge is 0.294 e. The van der Waals surface area contributed by atoms with Gasteiger partial charge >= 0.3 is 0 Å². The van der Waals surface area contributed by atoms with Gasteiger partial charge in [0, 0.05) is 11.3 Å². The number of imide groups is 1. The average Bonchev–Trinajstić information content (AvgIpc) is 2.96. The minimum Gasteiger partial charge on any atom is -0.545 e. The molecular formula is C21H15N2O5S-. The Balaban J connectivity index is 1.66. The Hall–Kier alpha value is -3.65. The molecule has 0 aromatic heterocycles. The Bertz CT molecular complexity index is 1030. The van der Waals surface area contributed by atoms with E-state index in [0.717, 1.165) is 22.2 Å². The molecule has 0 bridgehead atoms. The van der Waals surface area contributed by atoms with Gasteiger partial charge in [-0.2, -0.15) is 0 Å². The molecule has 1 aliphatic heterocycles. The fraction of sp³-hybridized carbons (Fsp3) is 0.0476. The molecule has 146 valence electrons. The molecule has 1 fully saturated rings. The van der Waals surface area contributed by atoms with Crippen molar-refractivity contribution in [2.75, 3.05) is 11.9 Å². The van der Waals surface area contributed by atoms with Crippen LogP contribution in [0.5, 0.6) is 0 Å². The molecule has 2 aromatic rings. The molecule has 1 aliphatic rings. The van der Waals surface area contributed by atoms with Gasteiger partial charge in [-0.3, -0.25) is 19.3 Å². The van der Waals surface area contributed by atoms with Crippen LogP contribution in [0.15, 0.2) is 71.7 Å². The highest BCUT2D eigenvalue weighted by molar-refractivity contribution is 8.18. The predicted octanol–water partition coefficient (Wildman–Crippen LogP) is 2.28.